The van der Waals surface area contributed by atoms with Crippen LogP contribution in [0.3, 0.4) is 0 Å². The van der Waals surface area contributed by atoms with Gasteiger partial charge in [0.25, 0.3) is 5.91 Å². The molecule has 1 aromatic carbocycles. The topological polar surface area (TPSA) is 108 Å². The van der Waals surface area contributed by atoms with Crippen LogP contribution in [-0.4, -0.2) is 28.1 Å². The second-order valence-electron chi connectivity index (χ2n) is 4.04. The predicted molar refractivity (Wildman–Crippen MR) is 67.6 cm³/mol. The van der Waals surface area contributed by atoms with Crippen molar-refractivity contribution in [2.45, 2.75) is 25.8 Å². The molecule has 1 atom stereocenters. The number of aromatic hydroxyl groups is 1. The van der Waals surface area contributed by atoms with E-state index in [4.69, 9.17) is 10.9 Å². The van der Waals surface area contributed by atoms with E-state index < -0.39 is 11.7 Å². The first-order chi connectivity index (χ1) is 8.97. The Balaban J connectivity index is 2.80. The Morgan fingerprint density at radius 1 is 1.58 bits per heavy atom. The summed E-state index contributed by atoms with van der Waals surface area (Å²) in [5, 5.41) is 23.4. The predicted octanol–water partition coefficient (Wildman–Crippen LogP) is 1.18. The maximum Gasteiger partial charge on any atom is 0.255 e. The lowest BCUT2D eigenvalue weighted by molar-refractivity contribution is 0.0933. The first kappa shape index (κ1) is 14.7. The summed E-state index contributed by atoms with van der Waals surface area (Å²) < 4.78 is 13.0. The molecule has 0 fully saturated rings. The third kappa shape index (κ3) is 4.13. The molecule has 1 aromatic rings. The van der Waals surface area contributed by atoms with Crippen LogP contribution in [0.5, 0.6) is 5.75 Å². The van der Waals surface area contributed by atoms with E-state index in [9.17, 15) is 14.3 Å². The van der Waals surface area contributed by atoms with Gasteiger partial charge in [-0.3, -0.25) is 4.79 Å². The second kappa shape index (κ2) is 6.58. The fourth-order valence-electron chi connectivity index (χ4n) is 1.54. The monoisotopic (exact) mass is 269 g/mol. The number of benzene rings is 1. The van der Waals surface area contributed by atoms with Crippen LogP contribution >= 0.6 is 0 Å². The van der Waals surface area contributed by atoms with E-state index in [-0.39, 0.29) is 29.6 Å². The number of phenolic OH excluding ortho intramolecular Hbond substituents is 1. The van der Waals surface area contributed by atoms with Crippen molar-refractivity contribution in [2.75, 3.05) is 0 Å². The summed E-state index contributed by atoms with van der Waals surface area (Å²) in [6, 6.07) is 2.74. The zero-order chi connectivity index (χ0) is 14.4. The molecule has 0 bridgehead atoms. The average molecular weight is 269 g/mol. The van der Waals surface area contributed by atoms with Crippen molar-refractivity contribution in [2.24, 2.45) is 10.9 Å². The summed E-state index contributed by atoms with van der Waals surface area (Å²) in [6.07, 6.45) is 0.701. The van der Waals surface area contributed by atoms with Crippen LogP contribution in [0.1, 0.15) is 30.1 Å². The van der Waals surface area contributed by atoms with Gasteiger partial charge in [0.15, 0.2) is 0 Å². The summed E-state index contributed by atoms with van der Waals surface area (Å²) in [6.45, 7) is 1.81. The van der Waals surface area contributed by atoms with E-state index in [1.807, 2.05) is 0 Å². The lowest BCUT2D eigenvalue weighted by Crippen LogP contribution is -2.37. The fraction of sp³-hybridized carbons (Fsp3) is 0.333. The Morgan fingerprint density at radius 3 is 2.84 bits per heavy atom. The van der Waals surface area contributed by atoms with Gasteiger partial charge in [-0.05, 0) is 24.6 Å². The highest BCUT2D eigenvalue weighted by Gasteiger charge is 2.17. The maximum atomic E-state index is 13.0. The molecule has 0 aromatic heterocycles. The van der Waals surface area contributed by atoms with E-state index in [0.29, 0.717) is 6.42 Å². The highest BCUT2D eigenvalue weighted by atomic mass is 19.1. The third-order valence-electron chi connectivity index (χ3n) is 2.62. The zero-order valence-corrected chi connectivity index (χ0v) is 10.4. The molecule has 0 radical (unpaired) electrons. The molecule has 0 spiro atoms. The lowest BCUT2D eigenvalue weighted by atomic mass is 10.1. The van der Waals surface area contributed by atoms with E-state index in [1.165, 1.54) is 0 Å². The van der Waals surface area contributed by atoms with Crippen molar-refractivity contribution in [3.05, 3.63) is 29.6 Å². The molecule has 1 rings (SSSR count). The van der Waals surface area contributed by atoms with Crippen molar-refractivity contribution in [3.8, 4) is 5.75 Å². The Morgan fingerprint density at radius 2 is 2.26 bits per heavy atom. The normalized spacial score (nSPS) is 13.1. The Kier molecular flexibility index (Phi) is 5.11. The van der Waals surface area contributed by atoms with E-state index in [0.717, 1.165) is 18.2 Å². The lowest BCUT2D eigenvalue weighted by Gasteiger charge is -2.16. The molecule has 104 valence electrons. The number of hydrogen-bond donors (Lipinski definition) is 4. The summed E-state index contributed by atoms with van der Waals surface area (Å²) in [5.74, 6) is -1.56. The second-order valence-corrected chi connectivity index (χ2v) is 4.04. The Hall–Kier alpha value is -2.31. The fourth-order valence-corrected chi connectivity index (χ4v) is 1.54. The molecular formula is C12H16FN3O3. The molecule has 0 aliphatic rings. The Labute approximate surface area is 109 Å². The molecule has 5 N–H and O–H groups in total. The van der Waals surface area contributed by atoms with Gasteiger partial charge in [-0.25, -0.2) is 4.39 Å². The number of halogens is 1. The number of carbonyl (C=O) groups is 1. The van der Waals surface area contributed by atoms with Crippen molar-refractivity contribution in [1.82, 2.24) is 5.32 Å². The molecule has 0 aliphatic carbocycles. The maximum absolute atomic E-state index is 13.0. The standard InChI is InChI=1S/C12H16FN3O3/c1-2-8(6-11(14)16-19)15-12(18)9-5-7(13)3-4-10(9)17/h3-5,8,17,19H,2,6H2,1H3,(H2,14,16)(H,15,18). The van der Waals surface area contributed by atoms with Crippen LogP contribution in [0, 0.1) is 5.82 Å². The van der Waals surface area contributed by atoms with Gasteiger partial charge in [0.05, 0.1) is 5.56 Å². The van der Waals surface area contributed by atoms with Crippen molar-refractivity contribution in [3.63, 3.8) is 0 Å². The van der Waals surface area contributed by atoms with Gasteiger partial charge in [0.2, 0.25) is 0 Å². The number of hydrogen-bond acceptors (Lipinski definition) is 4. The minimum Gasteiger partial charge on any atom is -0.507 e. The van der Waals surface area contributed by atoms with Gasteiger partial charge >= 0.3 is 0 Å². The quantitative estimate of drug-likeness (QED) is 0.278. The van der Waals surface area contributed by atoms with Crippen LogP contribution < -0.4 is 11.1 Å². The van der Waals surface area contributed by atoms with Crippen LogP contribution in [0.25, 0.3) is 0 Å². The summed E-state index contributed by atoms with van der Waals surface area (Å²) in [7, 11) is 0. The number of oxime groups is 1. The van der Waals surface area contributed by atoms with E-state index in [1.54, 1.807) is 6.92 Å². The summed E-state index contributed by atoms with van der Waals surface area (Å²) >= 11 is 0. The Bertz CT molecular complexity index is 491. The summed E-state index contributed by atoms with van der Waals surface area (Å²) in [5.41, 5.74) is 5.20. The molecule has 7 heteroatoms. The van der Waals surface area contributed by atoms with Gasteiger partial charge in [-0.2, -0.15) is 0 Å². The molecule has 0 heterocycles. The first-order valence-corrected chi connectivity index (χ1v) is 5.73. The van der Waals surface area contributed by atoms with Crippen LogP contribution in [-0.2, 0) is 0 Å². The van der Waals surface area contributed by atoms with E-state index >= 15 is 0 Å². The van der Waals surface area contributed by atoms with Crippen molar-refractivity contribution >= 4 is 11.7 Å². The molecule has 6 nitrogen and oxygen atoms in total. The SMILES string of the molecule is CCC(C/C(N)=N/O)NC(=O)c1cc(F)ccc1O. The first-order valence-electron chi connectivity index (χ1n) is 5.73. The average Bonchev–Trinajstić information content (AvgIpc) is 2.40. The molecular weight excluding hydrogens is 253 g/mol. The van der Waals surface area contributed by atoms with Crippen LogP contribution in [0.15, 0.2) is 23.4 Å². The number of nitrogens with two attached hydrogens (primary N) is 1. The zero-order valence-electron chi connectivity index (χ0n) is 10.4. The molecule has 19 heavy (non-hydrogen) atoms. The number of amides is 1. The number of phenols is 1. The highest BCUT2D eigenvalue weighted by molar-refractivity contribution is 5.97. The van der Waals surface area contributed by atoms with Gasteiger partial charge in [-0.1, -0.05) is 12.1 Å². The minimum absolute atomic E-state index is 0.0179. The van der Waals surface area contributed by atoms with Crippen molar-refractivity contribution in [1.29, 1.82) is 0 Å². The largest absolute Gasteiger partial charge is 0.507 e. The molecule has 1 amide bonds. The number of rotatable bonds is 5. The summed E-state index contributed by atoms with van der Waals surface area (Å²) in [4.78, 5) is 11.9. The molecule has 1 unspecified atom stereocenters. The van der Waals surface area contributed by atoms with Gasteiger partial charge < -0.3 is 21.4 Å². The van der Waals surface area contributed by atoms with Gasteiger partial charge in [-0.15, -0.1) is 0 Å². The third-order valence-corrected chi connectivity index (χ3v) is 2.62. The molecule has 0 saturated heterocycles. The van der Waals surface area contributed by atoms with E-state index in [2.05, 4.69) is 10.5 Å². The number of carbonyl (C=O) groups excluding carboxylic acids is 1. The smallest absolute Gasteiger partial charge is 0.255 e. The van der Waals surface area contributed by atoms with Gasteiger partial charge in [0, 0.05) is 12.5 Å². The molecule has 0 saturated carbocycles. The highest BCUT2D eigenvalue weighted by Crippen LogP contribution is 2.18. The number of nitrogens with one attached hydrogen (secondary N) is 1. The number of nitrogens with zero attached hydrogens (tertiary/aromatic N) is 1. The molecule has 0 aliphatic heterocycles. The van der Waals surface area contributed by atoms with Crippen LogP contribution in [0.2, 0.25) is 0 Å². The van der Waals surface area contributed by atoms with Crippen molar-refractivity contribution < 1.29 is 19.5 Å². The minimum atomic E-state index is -0.618. The van der Waals surface area contributed by atoms with Crippen LogP contribution in [0.4, 0.5) is 4.39 Å². The van der Waals surface area contributed by atoms with Gasteiger partial charge in [0.1, 0.15) is 17.4 Å². The number of amidine groups is 1.